The van der Waals surface area contributed by atoms with E-state index in [4.69, 9.17) is 4.74 Å². The van der Waals surface area contributed by atoms with E-state index in [0.29, 0.717) is 18.4 Å². The van der Waals surface area contributed by atoms with Crippen LogP contribution in [0.4, 0.5) is 0 Å². The molecule has 2 aromatic carbocycles. The summed E-state index contributed by atoms with van der Waals surface area (Å²) >= 11 is 0. The molecule has 29 heavy (non-hydrogen) atoms. The normalized spacial score (nSPS) is 17.2. The zero-order valence-corrected chi connectivity index (χ0v) is 17.4. The van der Waals surface area contributed by atoms with E-state index >= 15 is 0 Å². The molecule has 0 spiro atoms. The van der Waals surface area contributed by atoms with E-state index < -0.39 is 28.6 Å². The van der Waals surface area contributed by atoms with Crippen molar-refractivity contribution in [3.05, 3.63) is 65.2 Å². The zero-order chi connectivity index (χ0) is 21.0. The summed E-state index contributed by atoms with van der Waals surface area (Å²) in [7, 11) is -3.80. The highest BCUT2D eigenvalue weighted by molar-refractivity contribution is 7.89. The number of hydrogen-bond donors (Lipinski definition) is 0. The van der Waals surface area contributed by atoms with Gasteiger partial charge in [-0.1, -0.05) is 48.9 Å². The molecule has 0 aromatic heterocycles. The first-order chi connectivity index (χ1) is 13.8. The van der Waals surface area contributed by atoms with E-state index in [1.54, 1.807) is 24.3 Å². The first-order valence-electron chi connectivity index (χ1n) is 9.70. The number of carbonyl (C=O) groups excluding carboxylic acids is 2. The minimum absolute atomic E-state index is 0.148. The van der Waals surface area contributed by atoms with Gasteiger partial charge >= 0.3 is 5.97 Å². The fourth-order valence-electron chi connectivity index (χ4n) is 3.35. The standard InChI is InChI=1S/C22H25NO5S/c1-3-17-8-10-18(11-9-17)21(24)15-28-22(25)20-5-4-14-23(20)29(26,27)19-12-6-16(2)7-13-19/h6-13,20H,3-5,14-15H2,1-2H3/t20-/m0/s1. The maximum atomic E-state index is 12.9. The monoisotopic (exact) mass is 415 g/mol. The van der Waals surface area contributed by atoms with Crippen LogP contribution in [0.5, 0.6) is 0 Å². The highest BCUT2D eigenvalue weighted by atomic mass is 32.2. The van der Waals surface area contributed by atoms with Gasteiger partial charge in [0.05, 0.1) is 4.90 Å². The number of carbonyl (C=O) groups is 2. The number of Topliss-reactive ketones (excluding diaryl/α,β-unsaturated/α-hetero) is 1. The molecule has 0 unspecified atom stereocenters. The van der Waals surface area contributed by atoms with Crippen molar-refractivity contribution in [2.75, 3.05) is 13.2 Å². The number of esters is 1. The van der Waals surface area contributed by atoms with Crippen LogP contribution in [0.3, 0.4) is 0 Å². The first-order valence-corrected chi connectivity index (χ1v) is 11.1. The number of aryl methyl sites for hydroxylation is 2. The summed E-state index contributed by atoms with van der Waals surface area (Å²) in [5.74, 6) is -0.997. The van der Waals surface area contributed by atoms with E-state index in [2.05, 4.69) is 0 Å². The van der Waals surface area contributed by atoms with Gasteiger partial charge in [-0.2, -0.15) is 4.31 Å². The summed E-state index contributed by atoms with van der Waals surface area (Å²) in [4.78, 5) is 25.0. The summed E-state index contributed by atoms with van der Waals surface area (Å²) in [6, 6.07) is 12.7. The van der Waals surface area contributed by atoms with Crippen LogP contribution in [0.25, 0.3) is 0 Å². The van der Waals surface area contributed by atoms with Crippen LogP contribution >= 0.6 is 0 Å². The first kappa shape index (κ1) is 21.2. The fraction of sp³-hybridized carbons (Fsp3) is 0.364. The second-order valence-corrected chi connectivity index (χ2v) is 9.06. The number of hydrogen-bond acceptors (Lipinski definition) is 5. The molecule has 1 heterocycles. The van der Waals surface area contributed by atoms with E-state index in [1.807, 2.05) is 26.0 Å². The molecule has 154 valence electrons. The van der Waals surface area contributed by atoms with Gasteiger partial charge in [0.15, 0.2) is 12.4 Å². The Labute approximate surface area is 171 Å². The number of sulfonamides is 1. The Bertz CT molecular complexity index is 981. The molecule has 0 aliphatic carbocycles. The fourth-order valence-corrected chi connectivity index (χ4v) is 5.00. The molecule has 1 aliphatic heterocycles. The van der Waals surface area contributed by atoms with Crippen molar-refractivity contribution in [2.45, 2.75) is 44.0 Å². The van der Waals surface area contributed by atoms with Crippen LogP contribution in [-0.4, -0.2) is 43.7 Å². The van der Waals surface area contributed by atoms with Crippen molar-refractivity contribution < 1.29 is 22.7 Å². The SMILES string of the molecule is CCc1ccc(C(=O)COC(=O)[C@@H]2CCCN2S(=O)(=O)c2ccc(C)cc2)cc1. The average Bonchev–Trinajstić information content (AvgIpc) is 3.23. The molecule has 1 atom stereocenters. The van der Waals surface area contributed by atoms with Gasteiger partial charge < -0.3 is 4.74 Å². The lowest BCUT2D eigenvalue weighted by Crippen LogP contribution is -2.41. The molecule has 6 nitrogen and oxygen atoms in total. The van der Waals surface area contributed by atoms with Gasteiger partial charge in [0.25, 0.3) is 0 Å². The van der Waals surface area contributed by atoms with Crippen LogP contribution in [-0.2, 0) is 26.0 Å². The molecule has 0 N–H and O–H groups in total. The van der Waals surface area contributed by atoms with Crippen molar-refractivity contribution >= 4 is 21.8 Å². The molecule has 0 radical (unpaired) electrons. The molecule has 0 saturated carbocycles. The van der Waals surface area contributed by atoms with E-state index in [-0.39, 0.29) is 17.2 Å². The maximum absolute atomic E-state index is 12.9. The minimum Gasteiger partial charge on any atom is -0.456 e. The van der Waals surface area contributed by atoms with Gasteiger partial charge in [-0.15, -0.1) is 0 Å². The molecule has 1 fully saturated rings. The third kappa shape index (κ3) is 4.74. The summed E-state index contributed by atoms with van der Waals surface area (Å²) < 4.78 is 32.2. The van der Waals surface area contributed by atoms with Crippen LogP contribution in [0.2, 0.25) is 0 Å². The Hall–Kier alpha value is -2.51. The van der Waals surface area contributed by atoms with Gasteiger partial charge in [0.1, 0.15) is 6.04 Å². The number of rotatable bonds is 7. The maximum Gasteiger partial charge on any atom is 0.324 e. The largest absolute Gasteiger partial charge is 0.456 e. The van der Waals surface area contributed by atoms with Crippen molar-refractivity contribution in [1.29, 1.82) is 0 Å². The molecule has 0 bridgehead atoms. The Morgan fingerprint density at radius 2 is 1.72 bits per heavy atom. The Balaban J connectivity index is 1.66. The molecule has 3 rings (SSSR count). The van der Waals surface area contributed by atoms with Crippen LogP contribution < -0.4 is 0 Å². The molecular formula is C22H25NO5S. The van der Waals surface area contributed by atoms with Crippen molar-refractivity contribution in [1.82, 2.24) is 4.31 Å². The lowest BCUT2D eigenvalue weighted by molar-refractivity contribution is -0.146. The topological polar surface area (TPSA) is 80.8 Å². The number of benzene rings is 2. The van der Waals surface area contributed by atoms with Gasteiger partial charge in [-0.05, 0) is 43.9 Å². The Kier molecular flexibility index (Phi) is 6.49. The van der Waals surface area contributed by atoms with Crippen molar-refractivity contribution in [3.8, 4) is 0 Å². The van der Waals surface area contributed by atoms with Gasteiger partial charge in [0.2, 0.25) is 10.0 Å². The lowest BCUT2D eigenvalue weighted by Gasteiger charge is -2.22. The smallest absolute Gasteiger partial charge is 0.324 e. The molecule has 7 heteroatoms. The third-order valence-corrected chi connectivity index (χ3v) is 7.06. The van der Waals surface area contributed by atoms with Crippen molar-refractivity contribution in [2.24, 2.45) is 0 Å². The molecular weight excluding hydrogens is 390 g/mol. The van der Waals surface area contributed by atoms with Gasteiger partial charge in [0, 0.05) is 12.1 Å². The minimum atomic E-state index is -3.80. The van der Waals surface area contributed by atoms with Crippen LogP contribution in [0, 0.1) is 6.92 Å². The summed E-state index contributed by atoms with van der Waals surface area (Å²) in [6.45, 7) is 3.75. The highest BCUT2D eigenvalue weighted by Gasteiger charge is 2.40. The number of ether oxygens (including phenoxy) is 1. The predicted octanol–water partition coefficient (Wildman–Crippen LogP) is 3.14. The summed E-state index contributed by atoms with van der Waals surface area (Å²) in [5, 5.41) is 0. The van der Waals surface area contributed by atoms with E-state index in [9.17, 15) is 18.0 Å². The summed E-state index contributed by atoms with van der Waals surface area (Å²) in [5.41, 5.74) is 2.53. The Morgan fingerprint density at radius 3 is 2.34 bits per heavy atom. The average molecular weight is 416 g/mol. The van der Waals surface area contributed by atoms with E-state index in [1.165, 1.54) is 16.4 Å². The van der Waals surface area contributed by atoms with Crippen LogP contribution in [0.15, 0.2) is 53.4 Å². The highest BCUT2D eigenvalue weighted by Crippen LogP contribution is 2.27. The Morgan fingerprint density at radius 1 is 1.07 bits per heavy atom. The molecule has 1 aliphatic rings. The second kappa shape index (κ2) is 8.88. The zero-order valence-electron chi connectivity index (χ0n) is 16.6. The van der Waals surface area contributed by atoms with Crippen molar-refractivity contribution in [3.63, 3.8) is 0 Å². The van der Waals surface area contributed by atoms with Gasteiger partial charge in [-0.25, -0.2) is 8.42 Å². The third-order valence-electron chi connectivity index (χ3n) is 5.13. The number of ketones is 1. The van der Waals surface area contributed by atoms with Gasteiger partial charge in [-0.3, -0.25) is 9.59 Å². The van der Waals surface area contributed by atoms with Crippen LogP contribution in [0.1, 0.15) is 41.3 Å². The lowest BCUT2D eigenvalue weighted by atomic mass is 10.1. The molecule has 0 amide bonds. The summed E-state index contributed by atoms with van der Waals surface area (Å²) in [6.07, 6.45) is 1.82. The quantitative estimate of drug-likeness (QED) is 0.513. The second-order valence-electron chi connectivity index (χ2n) is 7.17. The van der Waals surface area contributed by atoms with E-state index in [0.717, 1.165) is 17.5 Å². The molecule has 1 saturated heterocycles. The number of nitrogens with zero attached hydrogens (tertiary/aromatic N) is 1. The molecule has 2 aromatic rings. The predicted molar refractivity (Wildman–Crippen MR) is 109 cm³/mol.